The number of hydrazone groups is 1. The molecule has 0 spiro atoms. The highest BCUT2D eigenvalue weighted by Crippen LogP contribution is 2.39. The third kappa shape index (κ3) is 4.99. The zero-order valence-electron chi connectivity index (χ0n) is 19.1. The van der Waals surface area contributed by atoms with Gasteiger partial charge in [0.1, 0.15) is 17.2 Å². The fourth-order valence-electron chi connectivity index (χ4n) is 3.51. The number of methoxy groups -OCH3 is 3. The van der Waals surface area contributed by atoms with Gasteiger partial charge in [0.2, 0.25) is 0 Å². The Morgan fingerprint density at radius 3 is 2.29 bits per heavy atom. The fraction of sp³-hybridized carbons (Fsp3) is 0.417. The van der Waals surface area contributed by atoms with Crippen molar-refractivity contribution in [1.82, 2.24) is 9.91 Å². The van der Waals surface area contributed by atoms with E-state index in [1.165, 1.54) is 0 Å². The van der Waals surface area contributed by atoms with Crippen molar-refractivity contribution in [3.8, 4) is 17.2 Å². The van der Waals surface area contributed by atoms with Crippen LogP contribution in [0.5, 0.6) is 17.2 Å². The second kappa shape index (κ2) is 9.83. The first-order valence-electron chi connectivity index (χ1n) is 10.3. The summed E-state index contributed by atoms with van der Waals surface area (Å²) in [5, 5.41) is 6.34. The van der Waals surface area contributed by atoms with Gasteiger partial charge in [-0.3, -0.25) is 9.69 Å². The third-order valence-corrected chi connectivity index (χ3v) is 5.65. The molecule has 0 aromatic heterocycles. The Hall–Kier alpha value is -3.06. The summed E-state index contributed by atoms with van der Waals surface area (Å²) in [6, 6.07) is 13.3. The number of amides is 1. The van der Waals surface area contributed by atoms with E-state index in [4.69, 9.17) is 19.3 Å². The summed E-state index contributed by atoms with van der Waals surface area (Å²) in [6.45, 7) is 4.40. The highest BCUT2D eigenvalue weighted by Gasteiger charge is 2.35. The molecule has 0 saturated heterocycles. The van der Waals surface area contributed by atoms with Crippen molar-refractivity contribution in [2.75, 3.05) is 34.9 Å². The zero-order valence-corrected chi connectivity index (χ0v) is 19.1. The Bertz CT molecular complexity index is 940. The lowest BCUT2D eigenvalue weighted by atomic mass is 9.97. The van der Waals surface area contributed by atoms with E-state index in [0.717, 1.165) is 22.6 Å². The van der Waals surface area contributed by atoms with Crippen LogP contribution in [0.15, 0.2) is 47.6 Å². The predicted octanol–water partition coefficient (Wildman–Crippen LogP) is 3.73. The smallest absolute Gasteiger partial charge is 0.257 e. The molecule has 1 atom stereocenters. The van der Waals surface area contributed by atoms with Gasteiger partial charge < -0.3 is 14.2 Å². The van der Waals surface area contributed by atoms with E-state index in [-0.39, 0.29) is 24.5 Å². The number of benzene rings is 2. The molecule has 166 valence electrons. The molecule has 1 amide bonds. The number of carbonyl (C=O) groups is 1. The first-order valence-corrected chi connectivity index (χ1v) is 10.3. The molecule has 0 radical (unpaired) electrons. The molecule has 0 saturated carbocycles. The summed E-state index contributed by atoms with van der Waals surface area (Å²) in [6.07, 6.45) is 0.576. The lowest BCUT2D eigenvalue weighted by Crippen LogP contribution is -2.39. The van der Waals surface area contributed by atoms with Crippen molar-refractivity contribution in [3.05, 3.63) is 53.6 Å². The van der Waals surface area contributed by atoms with E-state index in [0.29, 0.717) is 17.9 Å². The van der Waals surface area contributed by atoms with Gasteiger partial charge in [-0.25, -0.2) is 5.01 Å². The van der Waals surface area contributed by atoms with Gasteiger partial charge in [0, 0.05) is 18.0 Å². The summed E-state index contributed by atoms with van der Waals surface area (Å²) in [5.41, 5.74) is 2.67. The number of carbonyl (C=O) groups excluding carboxylic acids is 1. The SMILES string of the molecule is COc1ccc(C2=NN(C(=O)CN(C)C(C)C)C(c3cc(OC)ccc3OC)C2)cc1. The Balaban J connectivity index is 1.99. The van der Waals surface area contributed by atoms with Crippen molar-refractivity contribution < 1.29 is 19.0 Å². The van der Waals surface area contributed by atoms with Crippen LogP contribution in [-0.4, -0.2) is 62.5 Å². The summed E-state index contributed by atoms with van der Waals surface area (Å²) < 4.78 is 16.3. The molecule has 7 heteroatoms. The standard InChI is InChI=1S/C24H31N3O4/c1-16(2)26(3)15-24(28)27-22(20-13-19(30-5)11-12-23(20)31-6)14-21(25-27)17-7-9-18(29-4)10-8-17/h7-13,16,22H,14-15H2,1-6H3. The number of likely N-dealkylation sites (N-methyl/N-ethyl adjacent to an activating group) is 1. The highest BCUT2D eigenvalue weighted by molar-refractivity contribution is 6.03. The van der Waals surface area contributed by atoms with Crippen LogP contribution in [0.25, 0.3) is 0 Å². The molecule has 0 aliphatic carbocycles. The molecule has 31 heavy (non-hydrogen) atoms. The van der Waals surface area contributed by atoms with E-state index >= 15 is 0 Å². The van der Waals surface area contributed by atoms with Crippen LogP contribution in [0.2, 0.25) is 0 Å². The maximum absolute atomic E-state index is 13.3. The Kier molecular flexibility index (Phi) is 7.17. The zero-order chi connectivity index (χ0) is 22.5. The van der Waals surface area contributed by atoms with Crippen LogP contribution < -0.4 is 14.2 Å². The quantitative estimate of drug-likeness (QED) is 0.645. The van der Waals surface area contributed by atoms with Crippen molar-refractivity contribution in [2.45, 2.75) is 32.4 Å². The minimum Gasteiger partial charge on any atom is -0.497 e. The molecule has 2 aromatic rings. The molecule has 1 aliphatic heterocycles. The monoisotopic (exact) mass is 425 g/mol. The number of hydrogen-bond donors (Lipinski definition) is 0. The molecule has 1 unspecified atom stereocenters. The number of nitrogens with zero attached hydrogens (tertiary/aromatic N) is 3. The highest BCUT2D eigenvalue weighted by atomic mass is 16.5. The van der Waals surface area contributed by atoms with Gasteiger partial charge in [-0.15, -0.1) is 0 Å². The normalized spacial score (nSPS) is 15.9. The molecule has 1 aliphatic rings. The van der Waals surface area contributed by atoms with Gasteiger partial charge in [-0.2, -0.15) is 5.10 Å². The van der Waals surface area contributed by atoms with Crippen LogP contribution in [0.4, 0.5) is 0 Å². The van der Waals surface area contributed by atoms with Crippen LogP contribution in [0, 0.1) is 0 Å². The lowest BCUT2D eigenvalue weighted by Gasteiger charge is -2.27. The van der Waals surface area contributed by atoms with Crippen LogP contribution in [0.1, 0.15) is 37.4 Å². The van der Waals surface area contributed by atoms with E-state index in [1.807, 2.05) is 54.4 Å². The molecule has 0 fully saturated rings. The molecule has 1 heterocycles. The molecule has 3 rings (SSSR count). The molecular formula is C24H31N3O4. The first kappa shape index (κ1) is 22.6. The van der Waals surface area contributed by atoms with E-state index in [1.54, 1.807) is 26.3 Å². The fourth-order valence-corrected chi connectivity index (χ4v) is 3.51. The average molecular weight is 426 g/mol. The maximum Gasteiger partial charge on any atom is 0.257 e. The largest absolute Gasteiger partial charge is 0.497 e. The van der Waals surface area contributed by atoms with Crippen LogP contribution >= 0.6 is 0 Å². The van der Waals surface area contributed by atoms with Gasteiger partial charge in [0.15, 0.2) is 0 Å². The van der Waals surface area contributed by atoms with Crippen molar-refractivity contribution >= 4 is 11.6 Å². The lowest BCUT2D eigenvalue weighted by molar-refractivity contribution is -0.134. The third-order valence-electron chi connectivity index (χ3n) is 5.65. The van der Waals surface area contributed by atoms with Gasteiger partial charge >= 0.3 is 0 Å². The van der Waals surface area contributed by atoms with Crippen LogP contribution in [-0.2, 0) is 4.79 Å². The van der Waals surface area contributed by atoms with Crippen molar-refractivity contribution in [3.63, 3.8) is 0 Å². The molecule has 0 bridgehead atoms. The molecule has 2 aromatic carbocycles. The molecular weight excluding hydrogens is 394 g/mol. The number of hydrogen-bond acceptors (Lipinski definition) is 6. The maximum atomic E-state index is 13.3. The Morgan fingerprint density at radius 2 is 1.71 bits per heavy atom. The summed E-state index contributed by atoms with van der Waals surface area (Å²) >= 11 is 0. The van der Waals surface area contributed by atoms with E-state index in [9.17, 15) is 4.79 Å². The second-order valence-electron chi connectivity index (χ2n) is 7.85. The number of rotatable bonds is 8. The minimum absolute atomic E-state index is 0.0606. The summed E-state index contributed by atoms with van der Waals surface area (Å²) in [4.78, 5) is 15.3. The van der Waals surface area contributed by atoms with E-state index < -0.39 is 0 Å². The summed E-state index contributed by atoms with van der Waals surface area (Å²) in [5.74, 6) is 2.13. The van der Waals surface area contributed by atoms with Crippen LogP contribution in [0.3, 0.4) is 0 Å². The second-order valence-corrected chi connectivity index (χ2v) is 7.85. The average Bonchev–Trinajstić information content (AvgIpc) is 3.24. The molecule has 7 nitrogen and oxygen atoms in total. The van der Waals surface area contributed by atoms with Gasteiger partial charge in [0.05, 0.1) is 39.6 Å². The van der Waals surface area contributed by atoms with E-state index in [2.05, 4.69) is 13.8 Å². The minimum atomic E-state index is -0.282. The topological polar surface area (TPSA) is 63.6 Å². The summed E-state index contributed by atoms with van der Waals surface area (Å²) in [7, 11) is 6.83. The van der Waals surface area contributed by atoms with Gasteiger partial charge in [0.25, 0.3) is 5.91 Å². The predicted molar refractivity (Wildman–Crippen MR) is 121 cm³/mol. The number of ether oxygens (including phenoxy) is 3. The first-order chi connectivity index (χ1) is 14.9. The van der Waals surface area contributed by atoms with Gasteiger partial charge in [-0.1, -0.05) is 0 Å². The van der Waals surface area contributed by atoms with Crippen molar-refractivity contribution in [1.29, 1.82) is 0 Å². The molecule has 0 N–H and O–H groups in total. The Morgan fingerprint density at radius 1 is 1.06 bits per heavy atom. The van der Waals surface area contributed by atoms with Gasteiger partial charge in [-0.05, 0) is 68.9 Å². The van der Waals surface area contributed by atoms with Crippen molar-refractivity contribution in [2.24, 2.45) is 5.10 Å². The Labute approximate surface area is 184 Å².